The van der Waals surface area contributed by atoms with Gasteiger partial charge in [0.15, 0.2) is 0 Å². The second-order valence-electron chi connectivity index (χ2n) is 6.42. The first-order valence-electron chi connectivity index (χ1n) is 7.88. The number of sulfonamides is 1. The second kappa shape index (κ2) is 8.00. The van der Waals surface area contributed by atoms with E-state index in [1.807, 2.05) is 0 Å². The Kier molecular flexibility index (Phi) is 7.30. The predicted molar refractivity (Wildman–Crippen MR) is 86.7 cm³/mol. The topological polar surface area (TPSA) is 37.4 Å². The molecule has 0 aromatic carbocycles. The summed E-state index contributed by atoms with van der Waals surface area (Å²) in [5.74, 6) is 1.16. The van der Waals surface area contributed by atoms with Crippen molar-refractivity contribution in [2.45, 2.75) is 58.8 Å². The lowest BCUT2D eigenvalue weighted by atomic mass is 9.73. The third-order valence-electron chi connectivity index (χ3n) is 4.77. The molecule has 0 bridgehead atoms. The van der Waals surface area contributed by atoms with Crippen LogP contribution in [0.5, 0.6) is 0 Å². The van der Waals surface area contributed by atoms with Gasteiger partial charge < -0.3 is 0 Å². The van der Waals surface area contributed by atoms with E-state index in [1.54, 1.807) is 4.31 Å². The third-order valence-corrected chi connectivity index (χ3v) is 6.60. The maximum Gasteiger partial charge on any atom is 0.211 e. The van der Waals surface area contributed by atoms with Crippen LogP contribution in [0.3, 0.4) is 0 Å². The molecule has 0 N–H and O–H groups in total. The summed E-state index contributed by atoms with van der Waals surface area (Å²) in [6, 6.07) is 0. The van der Waals surface area contributed by atoms with Crippen LogP contribution in [0.25, 0.3) is 0 Å². The van der Waals surface area contributed by atoms with Crippen LogP contribution in [0.15, 0.2) is 0 Å². The maximum atomic E-state index is 11.7. The number of nitrogens with zero attached hydrogens (tertiary/aromatic N) is 1. The van der Waals surface area contributed by atoms with E-state index < -0.39 is 10.0 Å². The molecule has 0 radical (unpaired) electrons. The monoisotopic (exact) mass is 323 g/mol. The second-order valence-corrected chi connectivity index (χ2v) is 8.67. The van der Waals surface area contributed by atoms with Gasteiger partial charge in [-0.05, 0) is 43.4 Å². The van der Waals surface area contributed by atoms with Gasteiger partial charge in [0.1, 0.15) is 0 Å². The molecule has 0 spiro atoms. The van der Waals surface area contributed by atoms with Crippen molar-refractivity contribution in [3.05, 3.63) is 0 Å². The zero-order valence-corrected chi connectivity index (χ0v) is 14.8. The number of rotatable bonds is 8. The van der Waals surface area contributed by atoms with Gasteiger partial charge in [0.2, 0.25) is 10.0 Å². The number of unbranched alkanes of at least 4 members (excludes halogenated alkanes) is 1. The molecule has 20 heavy (non-hydrogen) atoms. The molecular weight excluding hydrogens is 294 g/mol. The van der Waals surface area contributed by atoms with Crippen molar-refractivity contribution in [1.29, 1.82) is 0 Å². The Bertz CT molecular complexity index is 379. The lowest BCUT2D eigenvalue weighted by Crippen LogP contribution is -2.41. The zero-order valence-electron chi connectivity index (χ0n) is 13.2. The minimum atomic E-state index is -3.04. The van der Waals surface area contributed by atoms with Crippen LogP contribution in [0.4, 0.5) is 0 Å². The molecule has 1 aliphatic heterocycles. The van der Waals surface area contributed by atoms with Crippen LogP contribution in [0.2, 0.25) is 0 Å². The molecule has 0 saturated carbocycles. The van der Waals surface area contributed by atoms with Gasteiger partial charge >= 0.3 is 0 Å². The summed E-state index contributed by atoms with van der Waals surface area (Å²) < 4.78 is 25.1. The fraction of sp³-hybridized carbons (Fsp3) is 1.00. The van der Waals surface area contributed by atoms with Crippen LogP contribution >= 0.6 is 11.6 Å². The molecule has 1 aliphatic rings. The molecule has 1 rings (SSSR count). The number of piperidine rings is 1. The standard InChI is InChI=1S/C15H30ClNO2S/c1-4-6-9-15(5-2,13-16)11-14-8-7-10-17(12-14)20(3,18)19/h14H,4-13H2,1-3H3. The van der Waals surface area contributed by atoms with Crippen molar-refractivity contribution in [2.24, 2.45) is 11.3 Å². The van der Waals surface area contributed by atoms with Gasteiger partial charge in [0, 0.05) is 19.0 Å². The number of hydrogen-bond donors (Lipinski definition) is 0. The van der Waals surface area contributed by atoms with E-state index in [9.17, 15) is 8.42 Å². The van der Waals surface area contributed by atoms with Gasteiger partial charge in [-0.3, -0.25) is 0 Å². The molecule has 3 nitrogen and oxygen atoms in total. The Morgan fingerprint density at radius 2 is 2.05 bits per heavy atom. The van der Waals surface area contributed by atoms with Crippen LogP contribution in [-0.2, 0) is 10.0 Å². The summed E-state index contributed by atoms with van der Waals surface area (Å²) in [7, 11) is -3.04. The average Bonchev–Trinajstić information content (AvgIpc) is 2.43. The number of halogens is 1. The van der Waals surface area contributed by atoms with Gasteiger partial charge in [0.25, 0.3) is 0 Å². The third kappa shape index (κ3) is 5.19. The number of alkyl halides is 1. The molecule has 1 saturated heterocycles. The SMILES string of the molecule is CCCCC(CC)(CCl)CC1CCCN(S(C)(=O)=O)C1. The fourth-order valence-electron chi connectivity index (χ4n) is 3.30. The van der Waals surface area contributed by atoms with Gasteiger partial charge in [-0.2, -0.15) is 0 Å². The van der Waals surface area contributed by atoms with Crippen LogP contribution in [0.1, 0.15) is 58.8 Å². The predicted octanol–water partition coefficient (Wildman–Crippen LogP) is 3.87. The van der Waals surface area contributed by atoms with Crippen molar-refractivity contribution < 1.29 is 8.42 Å². The quantitative estimate of drug-likeness (QED) is 0.636. The van der Waals surface area contributed by atoms with Crippen LogP contribution < -0.4 is 0 Å². The van der Waals surface area contributed by atoms with Crippen LogP contribution in [-0.4, -0.2) is 37.9 Å². The molecular formula is C15H30ClNO2S. The van der Waals surface area contributed by atoms with Gasteiger partial charge in [-0.25, -0.2) is 12.7 Å². The Morgan fingerprint density at radius 3 is 2.55 bits per heavy atom. The molecule has 0 aromatic heterocycles. The van der Waals surface area contributed by atoms with Crippen molar-refractivity contribution >= 4 is 21.6 Å². The lowest BCUT2D eigenvalue weighted by molar-refractivity contribution is 0.162. The minimum Gasteiger partial charge on any atom is -0.213 e. The number of hydrogen-bond acceptors (Lipinski definition) is 2. The first-order valence-corrected chi connectivity index (χ1v) is 10.3. The largest absolute Gasteiger partial charge is 0.213 e. The zero-order chi connectivity index (χ0) is 15.2. The summed E-state index contributed by atoms with van der Waals surface area (Å²) in [6.07, 6.45) is 9.16. The lowest BCUT2D eigenvalue weighted by Gasteiger charge is -2.38. The molecule has 1 heterocycles. The highest BCUT2D eigenvalue weighted by molar-refractivity contribution is 7.88. The highest BCUT2D eigenvalue weighted by Crippen LogP contribution is 2.39. The van der Waals surface area contributed by atoms with Crippen molar-refractivity contribution in [1.82, 2.24) is 4.31 Å². The average molecular weight is 324 g/mol. The van der Waals surface area contributed by atoms with Gasteiger partial charge in [0.05, 0.1) is 6.26 Å². The van der Waals surface area contributed by atoms with E-state index in [0.717, 1.165) is 25.7 Å². The summed E-state index contributed by atoms with van der Waals surface area (Å²) in [5.41, 5.74) is 0.197. The van der Waals surface area contributed by atoms with Gasteiger partial charge in [-0.1, -0.05) is 26.7 Å². The highest BCUT2D eigenvalue weighted by Gasteiger charge is 2.33. The molecule has 1 fully saturated rings. The summed E-state index contributed by atoms with van der Waals surface area (Å²) >= 11 is 6.27. The molecule has 0 amide bonds. The van der Waals surface area contributed by atoms with E-state index >= 15 is 0 Å². The summed E-state index contributed by atoms with van der Waals surface area (Å²) in [5, 5.41) is 0. The normalized spacial score (nSPS) is 24.5. The smallest absolute Gasteiger partial charge is 0.211 e. The summed E-state index contributed by atoms with van der Waals surface area (Å²) in [4.78, 5) is 0. The van der Waals surface area contributed by atoms with Crippen molar-refractivity contribution in [3.63, 3.8) is 0 Å². The molecule has 0 aromatic rings. The van der Waals surface area contributed by atoms with E-state index in [4.69, 9.17) is 11.6 Å². The first-order chi connectivity index (χ1) is 9.37. The van der Waals surface area contributed by atoms with E-state index in [0.29, 0.717) is 24.9 Å². The molecule has 0 aliphatic carbocycles. The van der Waals surface area contributed by atoms with Gasteiger partial charge in [-0.15, -0.1) is 11.6 Å². The van der Waals surface area contributed by atoms with Crippen molar-refractivity contribution in [3.8, 4) is 0 Å². The molecule has 2 unspecified atom stereocenters. The highest BCUT2D eigenvalue weighted by atomic mass is 35.5. The Labute approximate surface area is 130 Å². The van der Waals surface area contributed by atoms with E-state index in [1.165, 1.54) is 25.5 Å². The molecule has 120 valence electrons. The minimum absolute atomic E-state index is 0.197. The fourth-order valence-corrected chi connectivity index (χ4v) is 4.67. The Balaban J connectivity index is 2.68. The van der Waals surface area contributed by atoms with E-state index in [2.05, 4.69) is 13.8 Å². The molecule has 5 heteroatoms. The Morgan fingerprint density at radius 1 is 1.35 bits per heavy atom. The maximum absolute atomic E-state index is 11.7. The molecule has 2 atom stereocenters. The first kappa shape index (κ1) is 18.2. The van der Waals surface area contributed by atoms with Crippen LogP contribution in [0, 0.1) is 11.3 Å². The van der Waals surface area contributed by atoms with Crippen molar-refractivity contribution in [2.75, 3.05) is 25.2 Å². The summed E-state index contributed by atoms with van der Waals surface area (Å²) in [6.45, 7) is 5.80. The van der Waals surface area contributed by atoms with E-state index in [-0.39, 0.29) is 5.41 Å². The Hall–Kier alpha value is 0.200.